The number of aryl methyl sites for hydroxylation is 1. The fourth-order valence-electron chi connectivity index (χ4n) is 3.67. The van der Waals surface area contributed by atoms with Gasteiger partial charge in [-0.3, -0.25) is 24.6 Å². The minimum absolute atomic E-state index is 0.0406. The van der Waals surface area contributed by atoms with Gasteiger partial charge in [0, 0.05) is 23.4 Å². The van der Waals surface area contributed by atoms with Crippen LogP contribution in [0.1, 0.15) is 22.3 Å². The molecule has 3 aromatic rings. The largest absolute Gasteiger partial charge is 0.350 e. The topological polar surface area (TPSA) is 92.6 Å². The van der Waals surface area contributed by atoms with Crippen LogP contribution in [0, 0.1) is 29.8 Å². The first-order valence-corrected chi connectivity index (χ1v) is 10.2. The molecule has 0 aromatic heterocycles. The molecule has 8 heteroatoms. The molecule has 1 heterocycles. The maximum atomic E-state index is 14.2. The second-order valence-corrected chi connectivity index (χ2v) is 7.71. The van der Waals surface area contributed by atoms with Gasteiger partial charge in [-0.1, -0.05) is 30.3 Å². The van der Waals surface area contributed by atoms with Gasteiger partial charge in [0.15, 0.2) is 0 Å². The lowest BCUT2D eigenvalue weighted by Crippen LogP contribution is -2.32. The zero-order chi connectivity index (χ0) is 23.7. The number of anilines is 1. The number of amides is 2. The van der Waals surface area contributed by atoms with Gasteiger partial charge in [0.05, 0.1) is 17.0 Å². The lowest BCUT2D eigenvalue weighted by molar-refractivity contribution is -0.384. The normalized spacial score (nSPS) is 13.6. The van der Waals surface area contributed by atoms with Gasteiger partial charge in [0.25, 0.3) is 17.5 Å². The van der Waals surface area contributed by atoms with E-state index in [9.17, 15) is 24.1 Å². The third-order valence-corrected chi connectivity index (χ3v) is 5.69. The molecule has 166 valence electrons. The van der Waals surface area contributed by atoms with E-state index < -0.39 is 22.6 Å². The Morgan fingerprint density at radius 3 is 2.30 bits per heavy atom. The number of hydrogen-bond donors (Lipinski definition) is 1. The lowest BCUT2D eigenvalue weighted by atomic mass is 10.0. The van der Waals surface area contributed by atoms with Crippen molar-refractivity contribution in [1.82, 2.24) is 4.90 Å². The van der Waals surface area contributed by atoms with Crippen molar-refractivity contribution in [2.45, 2.75) is 20.4 Å². The summed E-state index contributed by atoms with van der Waals surface area (Å²) in [6.07, 6.45) is 0. The van der Waals surface area contributed by atoms with Crippen molar-refractivity contribution in [3.8, 4) is 0 Å². The Morgan fingerprint density at radius 1 is 0.939 bits per heavy atom. The molecular weight excluding hydrogens is 425 g/mol. The molecule has 33 heavy (non-hydrogen) atoms. The molecule has 0 unspecified atom stereocenters. The number of nitro benzene ring substituents is 1. The molecule has 0 bridgehead atoms. The summed E-state index contributed by atoms with van der Waals surface area (Å²) < 4.78 is 14.2. The number of nitrogens with zero attached hydrogens (tertiary/aromatic N) is 2. The number of benzene rings is 3. The second-order valence-electron chi connectivity index (χ2n) is 7.71. The quantitative estimate of drug-likeness (QED) is 0.336. The second kappa shape index (κ2) is 8.66. The van der Waals surface area contributed by atoms with Gasteiger partial charge in [0.1, 0.15) is 11.5 Å². The fraction of sp³-hybridized carbons (Fsp3) is 0.120. The van der Waals surface area contributed by atoms with E-state index in [1.165, 1.54) is 42.5 Å². The fourth-order valence-corrected chi connectivity index (χ4v) is 3.67. The minimum atomic E-state index is -0.607. The first-order chi connectivity index (χ1) is 15.8. The molecular formula is C25H20FN3O4. The Hall–Kier alpha value is -4.33. The molecule has 3 aromatic carbocycles. The Labute approximate surface area is 189 Å². The highest BCUT2D eigenvalue weighted by Crippen LogP contribution is 2.33. The number of non-ortho nitro benzene ring substituents is 1. The predicted molar refractivity (Wildman–Crippen MR) is 122 cm³/mol. The molecule has 0 saturated carbocycles. The Kier molecular flexibility index (Phi) is 5.74. The molecule has 4 rings (SSSR count). The monoisotopic (exact) mass is 445 g/mol. The van der Waals surface area contributed by atoms with Crippen LogP contribution in [-0.2, 0) is 16.1 Å². The molecule has 0 spiro atoms. The molecule has 0 radical (unpaired) electrons. The smallest absolute Gasteiger partial charge is 0.278 e. The summed E-state index contributed by atoms with van der Waals surface area (Å²) >= 11 is 0. The molecule has 1 aliphatic heterocycles. The number of imide groups is 1. The zero-order valence-corrected chi connectivity index (χ0v) is 18.0. The first kappa shape index (κ1) is 21.9. The van der Waals surface area contributed by atoms with Crippen LogP contribution in [0.15, 0.2) is 72.4 Å². The van der Waals surface area contributed by atoms with Gasteiger partial charge in [-0.15, -0.1) is 0 Å². The number of halogens is 1. The van der Waals surface area contributed by atoms with E-state index in [0.717, 1.165) is 16.0 Å². The van der Waals surface area contributed by atoms with Crippen LogP contribution in [0.4, 0.5) is 15.8 Å². The van der Waals surface area contributed by atoms with Gasteiger partial charge in [-0.05, 0) is 54.8 Å². The standard InChI is InChI=1S/C25H20FN3O4/c1-15-6-5-9-21(16(15)2)27-23-22(17-10-12-19(13-11-17)29(32)33)24(30)28(25(23)31)14-18-7-3-4-8-20(18)26/h3-13,27H,14H2,1-2H3. The molecule has 7 nitrogen and oxygen atoms in total. The van der Waals surface area contributed by atoms with E-state index in [4.69, 9.17) is 0 Å². The Balaban J connectivity index is 1.79. The number of carbonyl (C=O) groups is 2. The van der Waals surface area contributed by atoms with Crippen molar-refractivity contribution < 1.29 is 18.9 Å². The van der Waals surface area contributed by atoms with E-state index in [2.05, 4.69) is 5.32 Å². The average molecular weight is 445 g/mol. The van der Waals surface area contributed by atoms with Crippen LogP contribution in [0.5, 0.6) is 0 Å². The molecule has 1 aliphatic rings. The zero-order valence-electron chi connectivity index (χ0n) is 18.0. The van der Waals surface area contributed by atoms with Crippen LogP contribution in [-0.4, -0.2) is 21.6 Å². The SMILES string of the molecule is Cc1cccc(NC2=C(c3ccc([N+](=O)[O-])cc3)C(=O)N(Cc3ccccc3F)C2=O)c1C. The molecule has 0 fully saturated rings. The van der Waals surface area contributed by atoms with Crippen LogP contribution in [0.3, 0.4) is 0 Å². The number of hydrogen-bond acceptors (Lipinski definition) is 5. The maximum Gasteiger partial charge on any atom is 0.278 e. The Morgan fingerprint density at radius 2 is 1.64 bits per heavy atom. The highest BCUT2D eigenvalue weighted by molar-refractivity contribution is 6.36. The molecule has 0 atom stereocenters. The van der Waals surface area contributed by atoms with Gasteiger partial charge in [-0.25, -0.2) is 4.39 Å². The summed E-state index contributed by atoms with van der Waals surface area (Å²) in [4.78, 5) is 38.2. The van der Waals surface area contributed by atoms with Gasteiger partial charge >= 0.3 is 0 Å². The minimum Gasteiger partial charge on any atom is -0.350 e. The molecule has 0 saturated heterocycles. The molecule has 1 N–H and O–H groups in total. The van der Waals surface area contributed by atoms with Crippen molar-refractivity contribution in [2.24, 2.45) is 0 Å². The average Bonchev–Trinajstić information content (AvgIpc) is 3.02. The van der Waals surface area contributed by atoms with Crippen molar-refractivity contribution in [3.63, 3.8) is 0 Å². The number of nitro groups is 1. The third kappa shape index (κ3) is 4.10. The third-order valence-electron chi connectivity index (χ3n) is 5.69. The number of carbonyl (C=O) groups excluding carboxylic acids is 2. The summed E-state index contributed by atoms with van der Waals surface area (Å²) in [7, 11) is 0. The van der Waals surface area contributed by atoms with E-state index in [1.807, 2.05) is 26.0 Å². The summed E-state index contributed by atoms with van der Waals surface area (Å²) in [5.41, 5.74) is 3.09. The van der Waals surface area contributed by atoms with Crippen LogP contribution in [0.2, 0.25) is 0 Å². The molecule has 0 aliphatic carbocycles. The maximum absolute atomic E-state index is 14.2. The summed E-state index contributed by atoms with van der Waals surface area (Å²) in [6.45, 7) is 3.58. The highest BCUT2D eigenvalue weighted by Gasteiger charge is 2.39. The van der Waals surface area contributed by atoms with Crippen molar-refractivity contribution in [1.29, 1.82) is 0 Å². The first-order valence-electron chi connectivity index (χ1n) is 10.2. The van der Waals surface area contributed by atoms with Crippen molar-refractivity contribution in [2.75, 3.05) is 5.32 Å². The predicted octanol–water partition coefficient (Wildman–Crippen LogP) is 4.74. The highest BCUT2D eigenvalue weighted by atomic mass is 19.1. The van der Waals surface area contributed by atoms with Crippen LogP contribution >= 0.6 is 0 Å². The van der Waals surface area contributed by atoms with E-state index in [-0.39, 0.29) is 29.1 Å². The lowest BCUT2D eigenvalue weighted by Gasteiger charge is -2.16. The van der Waals surface area contributed by atoms with Crippen molar-refractivity contribution >= 4 is 28.8 Å². The van der Waals surface area contributed by atoms with E-state index in [1.54, 1.807) is 12.1 Å². The number of rotatable bonds is 6. The van der Waals surface area contributed by atoms with Gasteiger partial charge in [0.2, 0.25) is 0 Å². The van der Waals surface area contributed by atoms with Gasteiger partial charge < -0.3 is 5.32 Å². The number of nitrogens with one attached hydrogen (secondary N) is 1. The molecule has 2 amide bonds. The van der Waals surface area contributed by atoms with E-state index in [0.29, 0.717) is 11.3 Å². The van der Waals surface area contributed by atoms with Crippen LogP contribution in [0.25, 0.3) is 5.57 Å². The van der Waals surface area contributed by atoms with Crippen molar-refractivity contribution in [3.05, 3.63) is 111 Å². The summed E-state index contributed by atoms with van der Waals surface area (Å²) in [6, 6.07) is 16.9. The summed E-state index contributed by atoms with van der Waals surface area (Å²) in [5, 5.41) is 14.1. The Bertz CT molecular complexity index is 1320. The summed E-state index contributed by atoms with van der Waals surface area (Å²) in [5.74, 6) is -1.73. The van der Waals surface area contributed by atoms with Crippen LogP contribution < -0.4 is 5.32 Å². The van der Waals surface area contributed by atoms with E-state index >= 15 is 0 Å². The van der Waals surface area contributed by atoms with Gasteiger partial charge in [-0.2, -0.15) is 0 Å².